The zero-order valence-electron chi connectivity index (χ0n) is 11.2. The van der Waals surface area contributed by atoms with Gasteiger partial charge in [0.25, 0.3) is 0 Å². The van der Waals surface area contributed by atoms with Crippen molar-refractivity contribution in [2.75, 3.05) is 14.2 Å². The Hall–Kier alpha value is -1.99. The Morgan fingerprint density at radius 3 is 2.43 bits per heavy atom. The number of benzene rings is 1. The van der Waals surface area contributed by atoms with Gasteiger partial charge >= 0.3 is 0 Å². The number of nitrogens with zero attached hydrogens (tertiary/aromatic N) is 4. The molecule has 0 amide bonds. The number of rotatable bonds is 3. The molecular formula is C13H11ClN4O2S. The lowest BCUT2D eigenvalue weighted by molar-refractivity contribution is 0.390. The van der Waals surface area contributed by atoms with E-state index in [4.69, 9.17) is 21.1 Å². The normalized spacial score (nSPS) is 10.9. The van der Waals surface area contributed by atoms with E-state index in [-0.39, 0.29) is 5.15 Å². The van der Waals surface area contributed by atoms with Gasteiger partial charge in [-0.05, 0) is 12.1 Å². The zero-order valence-corrected chi connectivity index (χ0v) is 12.9. The van der Waals surface area contributed by atoms with Crippen molar-refractivity contribution in [2.24, 2.45) is 0 Å². The Labute approximate surface area is 131 Å². The lowest BCUT2D eigenvalue weighted by atomic mass is 10.2. The van der Waals surface area contributed by atoms with E-state index in [0.29, 0.717) is 33.6 Å². The van der Waals surface area contributed by atoms with Crippen LogP contribution in [0.25, 0.3) is 17.0 Å². The maximum Gasteiger partial charge on any atom is 0.200 e. The van der Waals surface area contributed by atoms with Gasteiger partial charge in [0.1, 0.15) is 22.3 Å². The number of hydrogen-bond donors (Lipinski definition) is 1. The second-order valence-electron chi connectivity index (χ2n) is 4.10. The molecule has 6 nitrogen and oxygen atoms in total. The average Bonchev–Trinajstić information content (AvgIpc) is 2.80. The van der Waals surface area contributed by atoms with Crippen molar-refractivity contribution in [3.63, 3.8) is 0 Å². The number of imidazole rings is 1. The maximum atomic E-state index is 5.85. The quantitative estimate of drug-likeness (QED) is 0.751. The number of ether oxygens (including phenoxy) is 2. The molecule has 8 heteroatoms. The summed E-state index contributed by atoms with van der Waals surface area (Å²) < 4.78 is 12.5. The van der Waals surface area contributed by atoms with E-state index in [9.17, 15) is 0 Å². The highest BCUT2D eigenvalue weighted by Gasteiger charge is 2.19. The Bertz CT molecular complexity index is 799. The van der Waals surface area contributed by atoms with Crippen LogP contribution in [0.15, 0.2) is 29.6 Å². The first-order valence-electron chi connectivity index (χ1n) is 5.97. The molecule has 1 aromatic carbocycles. The smallest absolute Gasteiger partial charge is 0.200 e. The van der Waals surface area contributed by atoms with E-state index in [0.717, 1.165) is 0 Å². The highest BCUT2D eigenvalue weighted by molar-refractivity contribution is 7.80. The van der Waals surface area contributed by atoms with E-state index in [1.165, 1.54) is 6.20 Å². The van der Waals surface area contributed by atoms with Gasteiger partial charge in [0, 0.05) is 0 Å². The predicted octanol–water partition coefficient (Wildman–Crippen LogP) is 2.77. The molecule has 108 valence electrons. The van der Waals surface area contributed by atoms with Gasteiger partial charge in [-0.2, -0.15) is 0 Å². The van der Waals surface area contributed by atoms with Gasteiger partial charge in [-0.1, -0.05) is 17.7 Å². The molecular weight excluding hydrogens is 312 g/mol. The largest absolute Gasteiger partial charge is 0.494 e. The molecule has 0 N–H and O–H groups in total. The molecule has 3 aromatic rings. The van der Waals surface area contributed by atoms with Crippen molar-refractivity contribution in [2.45, 2.75) is 5.16 Å². The van der Waals surface area contributed by atoms with Crippen LogP contribution in [-0.4, -0.2) is 33.7 Å². The van der Waals surface area contributed by atoms with Crippen LogP contribution in [0, 0.1) is 0 Å². The molecule has 0 saturated heterocycles. The van der Waals surface area contributed by atoms with E-state index >= 15 is 0 Å². The van der Waals surface area contributed by atoms with Crippen molar-refractivity contribution in [3.05, 3.63) is 29.5 Å². The Balaban J connectivity index is 2.38. The molecule has 0 bridgehead atoms. The van der Waals surface area contributed by atoms with E-state index < -0.39 is 0 Å². The SMILES string of the molecule is COc1cccc(OC)c1-n1c(S)nc2nc(Cl)cnc21. The molecule has 0 atom stereocenters. The molecule has 2 aromatic heterocycles. The number of para-hydroxylation sites is 1. The van der Waals surface area contributed by atoms with E-state index in [1.807, 2.05) is 18.2 Å². The highest BCUT2D eigenvalue weighted by Crippen LogP contribution is 2.35. The molecule has 0 fully saturated rings. The third-order valence-electron chi connectivity index (χ3n) is 2.95. The third kappa shape index (κ3) is 2.28. The summed E-state index contributed by atoms with van der Waals surface area (Å²) in [5.41, 5.74) is 1.58. The third-order valence-corrected chi connectivity index (χ3v) is 3.43. The number of hydrogen-bond acceptors (Lipinski definition) is 6. The summed E-state index contributed by atoms with van der Waals surface area (Å²) >= 11 is 10.2. The van der Waals surface area contributed by atoms with Crippen LogP contribution >= 0.6 is 24.2 Å². The Kier molecular flexibility index (Phi) is 3.60. The van der Waals surface area contributed by atoms with Gasteiger partial charge < -0.3 is 9.47 Å². The first kappa shape index (κ1) is 14.0. The predicted molar refractivity (Wildman–Crippen MR) is 82.0 cm³/mol. The molecule has 0 aliphatic heterocycles. The van der Waals surface area contributed by atoms with Crippen LogP contribution in [-0.2, 0) is 0 Å². The van der Waals surface area contributed by atoms with Crippen LogP contribution in [0.3, 0.4) is 0 Å². The average molecular weight is 323 g/mol. The van der Waals surface area contributed by atoms with Crippen LogP contribution in [0.2, 0.25) is 5.15 Å². The van der Waals surface area contributed by atoms with Crippen molar-refractivity contribution in [1.29, 1.82) is 0 Å². The van der Waals surface area contributed by atoms with Gasteiger partial charge in [0.15, 0.2) is 16.5 Å². The summed E-state index contributed by atoms with van der Waals surface area (Å²) in [6, 6.07) is 5.47. The fourth-order valence-corrected chi connectivity index (χ4v) is 2.50. The number of fused-ring (bicyclic) bond motifs is 1. The molecule has 2 heterocycles. The molecule has 0 saturated carbocycles. The lowest BCUT2D eigenvalue weighted by Crippen LogP contribution is -2.03. The van der Waals surface area contributed by atoms with E-state index in [1.54, 1.807) is 18.8 Å². The number of thiol groups is 1. The first-order valence-corrected chi connectivity index (χ1v) is 6.79. The summed E-state index contributed by atoms with van der Waals surface area (Å²) in [5.74, 6) is 1.22. The fraction of sp³-hybridized carbons (Fsp3) is 0.154. The van der Waals surface area contributed by atoms with Crippen LogP contribution in [0.4, 0.5) is 0 Å². The summed E-state index contributed by atoms with van der Waals surface area (Å²) in [5, 5.41) is 0.683. The molecule has 0 aliphatic rings. The van der Waals surface area contributed by atoms with Crippen molar-refractivity contribution >= 4 is 35.5 Å². The van der Waals surface area contributed by atoms with Crippen molar-refractivity contribution in [3.8, 4) is 17.2 Å². The fourth-order valence-electron chi connectivity index (χ4n) is 2.08. The van der Waals surface area contributed by atoms with Gasteiger partial charge in [-0.3, -0.25) is 4.57 Å². The van der Waals surface area contributed by atoms with E-state index in [2.05, 4.69) is 27.6 Å². The first-order chi connectivity index (χ1) is 10.2. The number of methoxy groups -OCH3 is 2. The van der Waals surface area contributed by atoms with Gasteiger partial charge in [-0.15, -0.1) is 12.6 Å². The second kappa shape index (κ2) is 5.42. The lowest BCUT2D eigenvalue weighted by Gasteiger charge is -2.14. The maximum absolute atomic E-state index is 5.85. The topological polar surface area (TPSA) is 62.1 Å². The Morgan fingerprint density at radius 2 is 1.81 bits per heavy atom. The van der Waals surface area contributed by atoms with Crippen LogP contribution in [0.1, 0.15) is 0 Å². The Morgan fingerprint density at radius 1 is 1.14 bits per heavy atom. The van der Waals surface area contributed by atoms with Crippen molar-refractivity contribution < 1.29 is 9.47 Å². The molecule has 0 radical (unpaired) electrons. The van der Waals surface area contributed by atoms with Gasteiger partial charge in [0.2, 0.25) is 0 Å². The van der Waals surface area contributed by atoms with Gasteiger partial charge in [0.05, 0.1) is 20.4 Å². The minimum Gasteiger partial charge on any atom is -0.494 e. The summed E-state index contributed by atoms with van der Waals surface area (Å²) in [7, 11) is 3.16. The molecule has 0 unspecified atom stereocenters. The summed E-state index contributed by atoms with van der Waals surface area (Å²) in [6.07, 6.45) is 1.46. The van der Waals surface area contributed by atoms with Crippen LogP contribution in [0.5, 0.6) is 11.5 Å². The number of halogens is 1. The summed E-state index contributed by atoms with van der Waals surface area (Å²) in [6.45, 7) is 0. The zero-order chi connectivity index (χ0) is 15.0. The standard InChI is InChI=1S/C13H11ClN4O2S/c1-19-7-4-3-5-8(20-2)10(7)18-12-11(17-13(18)21)16-9(14)6-15-12/h3-6H,1-2H3,(H,16,17,21). The summed E-state index contributed by atoms with van der Waals surface area (Å²) in [4.78, 5) is 12.7. The minimum absolute atomic E-state index is 0.271. The second-order valence-corrected chi connectivity index (χ2v) is 4.89. The molecule has 0 aliphatic carbocycles. The van der Waals surface area contributed by atoms with Crippen LogP contribution < -0.4 is 9.47 Å². The molecule has 0 spiro atoms. The van der Waals surface area contributed by atoms with Crippen molar-refractivity contribution in [1.82, 2.24) is 19.5 Å². The highest BCUT2D eigenvalue weighted by atomic mass is 35.5. The molecule has 3 rings (SSSR count). The van der Waals surface area contributed by atoms with Gasteiger partial charge in [-0.25, -0.2) is 15.0 Å². The monoisotopic (exact) mass is 322 g/mol. The molecule has 21 heavy (non-hydrogen) atoms. The minimum atomic E-state index is 0.271. The number of aromatic nitrogens is 4.